The Balaban J connectivity index is 2.77. The summed E-state index contributed by atoms with van der Waals surface area (Å²) >= 11 is 0. The van der Waals surface area contributed by atoms with E-state index in [2.05, 4.69) is 9.47 Å². The average molecular weight is 374 g/mol. The highest BCUT2D eigenvalue weighted by Gasteiger charge is 2.36. The molecule has 9 nitrogen and oxygen atoms in total. The van der Waals surface area contributed by atoms with Crippen LogP contribution < -0.4 is 10.0 Å². The largest absolute Gasteiger partial charge is 0.466 e. The first kappa shape index (κ1) is 18.8. The molecule has 0 radical (unpaired) electrons. The minimum Gasteiger partial charge on any atom is -0.466 e. The quantitative estimate of drug-likeness (QED) is 0.723. The van der Waals surface area contributed by atoms with Gasteiger partial charge in [-0.1, -0.05) is 6.07 Å². The van der Waals surface area contributed by atoms with Gasteiger partial charge in [0, 0.05) is 0 Å². The molecular weight excluding hydrogens is 359 g/mol. The Hall–Kier alpha value is -2.50. The number of halogens is 1. The van der Waals surface area contributed by atoms with Gasteiger partial charge in [-0.15, -0.1) is 0 Å². The lowest BCUT2D eigenvalue weighted by Crippen LogP contribution is -2.40. The van der Waals surface area contributed by atoms with Gasteiger partial charge >= 0.3 is 11.9 Å². The van der Waals surface area contributed by atoms with Gasteiger partial charge in [0.1, 0.15) is 23.1 Å². The van der Waals surface area contributed by atoms with Crippen molar-refractivity contribution in [2.24, 2.45) is 5.14 Å². The van der Waals surface area contributed by atoms with Gasteiger partial charge in [-0.25, -0.2) is 27.5 Å². The molecule has 1 heterocycles. The van der Waals surface area contributed by atoms with Crippen LogP contribution in [0.1, 0.15) is 0 Å². The lowest BCUT2D eigenvalue weighted by Gasteiger charge is -2.32. The van der Waals surface area contributed by atoms with Gasteiger partial charge in [-0.2, -0.15) is 0 Å². The van der Waals surface area contributed by atoms with Gasteiger partial charge in [0.25, 0.3) is 0 Å². The molecule has 1 aliphatic heterocycles. The number of methoxy groups -OCH3 is 2. The van der Waals surface area contributed by atoms with Crippen molar-refractivity contribution in [3.05, 3.63) is 35.3 Å². The monoisotopic (exact) mass is 374 g/mol. The van der Waals surface area contributed by atoms with E-state index in [-0.39, 0.29) is 12.2 Å². The Bertz CT molecular complexity index is 851. The molecular formula is C14H15FN2O7S. The van der Waals surface area contributed by atoms with Crippen molar-refractivity contribution < 1.29 is 36.6 Å². The average Bonchev–Trinajstić information content (AvgIpc) is 2.58. The highest BCUT2D eigenvalue weighted by Crippen LogP contribution is 2.33. The van der Waals surface area contributed by atoms with Crippen molar-refractivity contribution in [3.63, 3.8) is 0 Å². The molecule has 0 amide bonds. The number of hydrogen-bond acceptors (Lipinski definition) is 8. The highest BCUT2D eigenvalue weighted by atomic mass is 32.2. The van der Waals surface area contributed by atoms with Gasteiger partial charge < -0.3 is 19.1 Å². The Morgan fingerprint density at radius 2 is 1.88 bits per heavy atom. The summed E-state index contributed by atoms with van der Waals surface area (Å²) in [4.78, 5) is 24.4. The fourth-order valence-corrected chi connectivity index (χ4v) is 3.05. The Morgan fingerprint density at radius 3 is 2.44 bits per heavy atom. The molecule has 0 aromatic heterocycles. The van der Waals surface area contributed by atoms with E-state index in [1.165, 1.54) is 0 Å². The van der Waals surface area contributed by atoms with E-state index in [9.17, 15) is 22.4 Å². The first-order valence-corrected chi connectivity index (χ1v) is 8.33. The van der Waals surface area contributed by atoms with Gasteiger partial charge in [-0.05, 0) is 12.1 Å². The van der Waals surface area contributed by atoms with Crippen LogP contribution in [0, 0.1) is 5.82 Å². The molecule has 11 heteroatoms. The highest BCUT2D eigenvalue weighted by molar-refractivity contribution is 7.89. The molecule has 2 rings (SSSR count). The number of carbonyl (C=O) groups is 2. The fourth-order valence-electron chi connectivity index (χ4n) is 2.31. The maximum Gasteiger partial charge on any atom is 0.355 e. The molecule has 0 atom stereocenters. The zero-order chi connectivity index (χ0) is 18.8. The summed E-state index contributed by atoms with van der Waals surface area (Å²) in [6.45, 7) is -0.707. The van der Waals surface area contributed by atoms with Gasteiger partial charge in [-0.3, -0.25) is 0 Å². The lowest BCUT2D eigenvalue weighted by atomic mass is 10.1. The number of nitrogens with zero attached hydrogens (tertiary/aromatic N) is 1. The van der Waals surface area contributed by atoms with Crippen LogP contribution in [-0.4, -0.2) is 47.9 Å². The number of esters is 2. The summed E-state index contributed by atoms with van der Waals surface area (Å²) in [6, 6.07) is 3.19. The van der Waals surface area contributed by atoms with Crippen molar-refractivity contribution in [2.45, 2.75) is 4.90 Å². The number of rotatable bonds is 4. The second kappa shape index (κ2) is 7.17. The van der Waals surface area contributed by atoms with Crippen molar-refractivity contribution >= 4 is 27.6 Å². The summed E-state index contributed by atoms with van der Waals surface area (Å²) in [6.07, 6.45) is 0. The topological polar surface area (TPSA) is 125 Å². The van der Waals surface area contributed by atoms with E-state index < -0.39 is 50.8 Å². The molecule has 0 saturated carbocycles. The smallest absolute Gasteiger partial charge is 0.355 e. The minimum atomic E-state index is -4.33. The maximum absolute atomic E-state index is 14.4. The summed E-state index contributed by atoms with van der Waals surface area (Å²) in [7, 11) is -2.19. The van der Waals surface area contributed by atoms with E-state index >= 15 is 0 Å². The molecule has 0 aliphatic carbocycles. The van der Waals surface area contributed by atoms with E-state index in [0.717, 1.165) is 37.3 Å². The van der Waals surface area contributed by atoms with Crippen LogP contribution in [0.3, 0.4) is 0 Å². The number of benzene rings is 1. The minimum absolute atomic E-state index is 0.246. The maximum atomic E-state index is 14.4. The molecule has 0 unspecified atom stereocenters. The van der Waals surface area contributed by atoms with Crippen LogP contribution in [0.5, 0.6) is 0 Å². The third-order valence-electron chi connectivity index (χ3n) is 3.36. The molecule has 1 aliphatic rings. The summed E-state index contributed by atoms with van der Waals surface area (Å²) in [5.74, 6) is -2.88. The van der Waals surface area contributed by atoms with Crippen LogP contribution in [0.15, 0.2) is 34.4 Å². The standard InChI is InChI=1S/C14H15FN2O7S/c1-22-13(18)8-6-24-7-17(11(8)14(19)23-2)12-9(15)4-3-5-10(12)25(16,20)21/h3-5H,6-7H2,1-2H3,(H2,16,20,21). The SMILES string of the molecule is COC(=O)C1=C(C(=O)OC)N(c2c(F)cccc2S(N)(=O)=O)COC1. The predicted octanol–water partition coefficient (Wildman–Crippen LogP) is -0.133. The molecule has 2 N–H and O–H groups in total. The van der Waals surface area contributed by atoms with Crippen LogP contribution in [0.2, 0.25) is 0 Å². The zero-order valence-electron chi connectivity index (χ0n) is 13.3. The van der Waals surface area contributed by atoms with Gasteiger partial charge in [0.05, 0.1) is 32.1 Å². The number of anilines is 1. The number of carbonyl (C=O) groups excluding carboxylic acids is 2. The normalized spacial score (nSPS) is 15.1. The fraction of sp³-hybridized carbons (Fsp3) is 0.286. The number of hydrogen-bond donors (Lipinski definition) is 1. The van der Waals surface area contributed by atoms with E-state index in [1.807, 2.05) is 0 Å². The first-order chi connectivity index (χ1) is 11.7. The molecule has 0 spiro atoms. The Kier molecular flexibility index (Phi) is 5.40. The van der Waals surface area contributed by atoms with E-state index in [4.69, 9.17) is 9.88 Å². The summed E-state index contributed by atoms with van der Waals surface area (Å²) in [5.41, 5.74) is -1.17. The van der Waals surface area contributed by atoms with Crippen LogP contribution in [0.4, 0.5) is 10.1 Å². The number of para-hydroxylation sites is 1. The van der Waals surface area contributed by atoms with E-state index in [1.54, 1.807) is 0 Å². The lowest BCUT2D eigenvalue weighted by molar-refractivity contribution is -0.140. The molecule has 0 fully saturated rings. The molecule has 136 valence electrons. The Labute approximate surface area is 142 Å². The number of ether oxygens (including phenoxy) is 3. The molecule has 1 aromatic rings. The van der Waals surface area contributed by atoms with Crippen molar-refractivity contribution in [3.8, 4) is 0 Å². The van der Waals surface area contributed by atoms with E-state index in [0.29, 0.717) is 0 Å². The zero-order valence-corrected chi connectivity index (χ0v) is 14.1. The third-order valence-corrected chi connectivity index (χ3v) is 4.30. The van der Waals surface area contributed by atoms with Crippen LogP contribution >= 0.6 is 0 Å². The van der Waals surface area contributed by atoms with Crippen LogP contribution in [0.25, 0.3) is 0 Å². The predicted molar refractivity (Wildman–Crippen MR) is 82.1 cm³/mol. The second-order valence-electron chi connectivity index (χ2n) is 4.85. The Morgan fingerprint density at radius 1 is 1.24 bits per heavy atom. The number of primary sulfonamides is 1. The van der Waals surface area contributed by atoms with Crippen LogP contribution in [-0.2, 0) is 33.8 Å². The van der Waals surface area contributed by atoms with Gasteiger partial charge in [0.2, 0.25) is 10.0 Å². The molecule has 25 heavy (non-hydrogen) atoms. The first-order valence-electron chi connectivity index (χ1n) is 6.78. The molecule has 0 saturated heterocycles. The number of sulfonamides is 1. The third kappa shape index (κ3) is 3.62. The van der Waals surface area contributed by atoms with Crippen molar-refractivity contribution in [1.29, 1.82) is 0 Å². The summed E-state index contributed by atoms with van der Waals surface area (Å²) in [5, 5.41) is 5.12. The van der Waals surface area contributed by atoms with Crippen molar-refractivity contribution in [1.82, 2.24) is 0 Å². The van der Waals surface area contributed by atoms with Crippen molar-refractivity contribution in [2.75, 3.05) is 32.5 Å². The van der Waals surface area contributed by atoms with Gasteiger partial charge in [0.15, 0.2) is 0 Å². The molecule has 1 aromatic carbocycles. The molecule has 0 bridgehead atoms. The number of nitrogens with two attached hydrogens (primary N) is 1. The summed E-state index contributed by atoms with van der Waals surface area (Å²) < 4.78 is 52.4. The second-order valence-corrected chi connectivity index (χ2v) is 6.38.